The molecule has 106 valence electrons. The van der Waals surface area contributed by atoms with Crippen LogP contribution in [0.5, 0.6) is 6.01 Å². The van der Waals surface area contributed by atoms with E-state index in [-0.39, 0.29) is 11.8 Å². The molecule has 2 N–H and O–H groups in total. The van der Waals surface area contributed by atoms with Crippen LogP contribution in [0.25, 0.3) is 0 Å². The van der Waals surface area contributed by atoms with Gasteiger partial charge in [0.05, 0.1) is 7.11 Å². The van der Waals surface area contributed by atoms with Crippen molar-refractivity contribution >= 4 is 11.9 Å². The molecule has 0 spiro atoms. The van der Waals surface area contributed by atoms with E-state index in [1.807, 2.05) is 6.07 Å². The van der Waals surface area contributed by atoms with E-state index in [2.05, 4.69) is 25.6 Å². The Morgan fingerprint density at radius 1 is 1.20 bits per heavy atom. The van der Waals surface area contributed by atoms with E-state index in [4.69, 9.17) is 4.74 Å². The molecule has 0 aliphatic carbocycles. The topological polar surface area (TPSA) is 72.0 Å². The van der Waals surface area contributed by atoms with E-state index in [9.17, 15) is 4.39 Å². The number of methoxy groups -OCH3 is 1. The fourth-order valence-electron chi connectivity index (χ4n) is 1.65. The van der Waals surface area contributed by atoms with Gasteiger partial charge in [-0.15, -0.1) is 0 Å². The van der Waals surface area contributed by atoms with Gasteiger partial charge in [-0.2, -0.15) is 15.0 Å². The number of halogens is 1. The van der Waals surface area contributed by atoms with Crippen LogP contribution >= 0.6 is 0 Å². The van der Waals surface area contributed by atoms with Gasteiger partial charge < -0.3 is 15.4 Å². The number of anilines is 2. The van der Waals surface area contributed by atoms with Gasteiger partial charge in [0.15, 0.2) is 0 Å². The first-order valence-corrected chi connectivity index (χ1v) is 6.17. The molecule has 0 fully saturated rings. The highest BCUT2D eigenvalue weighted by molar-refractivity contribution is 5.35. The summed E-state index contributed by atoms with van der Waals surface area (Å²) in [7, 11) is 3.20. The molecule has 0 aliphatic heterocycles. The standard InChI is InChI=1S/C13H16FN5O/c1-15-11-17-12(19-13(18-11)20-2)16-7-6-9-4-3-5-10(14)8-9/h3-5,8H,6-7H2,1-2H3,(H2,15,16,17,18,19). The van der Waals surface area contributed by atoms with Gasteiger partial charge in [-0.1, -0.05) is 12.1 Å². The molecule has 1 heterocycles. The average molecular weight is 277 g/mol. The number of ether oxygens (including phenoxy) is 1. The lowest BCUT2D eigenvalue weighted by atomic mass is 10.1. The Kier molecular flexibility index (Phi) is 4.65. The number of hydrogen-bond acceptors (Lipinski definition) is 6. The third kappa shape index (κ3) is 3.78. The van der Waals surface area contributed by atoms with Crippen molar-refractivity contribution in [2.24, 2.45) is 0 Å². The zero-order valence-corrected chi connectivity index (χ0v) is 11.4. The summed E-state index contributed by atoms with van der Waals surface area (Å²) in [5.74, 6) is 0.601. The third-order valence-corrected chi connectivity index (χ3v) is 2.61. The molecule has 0 radical (unpaired) electrons. The van der Waals surface area contributed by atoms with Gasteiger partial charge in [-0.3, -0.25) is 0 Å². The second-order valence-electron chi connectivity index (χ2n) is 4.03. The lowest BCUT2D eigenvalue weighted by Crippen LogP contribution is -2.11. The van der Waals surface area contributed by atoms with E-state index in [1.54, 1.807) is 13.1 Å². The smallest absolute Gasteiger partial charge is 0.322 e. The second-order valence-corrected chi connectivity index (χ2v) is 4.03. The normalized spacial score (nSPS) is 10.2. The molecule has 0 unspecified atom stereocenters. The average Bonchev–Trinajstić information content (AvgIpc) is 2.47. The first-order valence-electron chi connectivity index (χ1n) is 6.17. The van der Waals surface area contributed by atoms with Gasteiger partial charge in [-0.05, 0) is 24.1 Å². The zero-order valence-electron chi connectivity index (χ0n) is 11.4. The van der Waals surface area contributed by atoms with Crippen LogP contribution in [-0.2, 0) is 6.42 Å². The van der Waals surface area contributed by atoms with Crippen LogP contribution in [0, 0.1) is 5.82 Å². The quantitative estimate of drug-likeness (QED) is 0.837. The summed E-state index contributed by atoms with van der Waals surface area (Å²) < 4.78 is 18.0. The van der Waals surface area contributed by atoms with Crippen molar-refractivity contribution in [3.8, 4) is 6.01 Å². The van der Waals surface area contributed by atoms with Crippen LogP contribution in [0.2, 0.25) is 0 Å². The lowest BCUT2D eigenvalue weighted by molar-refractivity contribution is 0.379. The van der Waals surface area contributed by atoms with Crippen molar-refractivity contribution < 1.29 is 9.13 Å². The van der Waals surface area contributed by atoms with Crippen LogP contribution in [-0.4, -0.2) is 35.7 Å². The lowest BCUT2D eigenvalue weighted by Gasteiger charge is -2.07. The number of benzene rings is 1. The summed E-state index contributed by atoms with van der Waals surface area (Å²) in [6.07, 6.45) is 0.667. The predicted molar refractivity (Wildman–Crippen MR) is 74.5 cm³/mol. The molecule has 20 heavy (non-hydrogen) atoms. The molecule has 0 saturated carbocycles. The Hall–Kier alpha value is -2.44. The van der Waals surface area contributed by atoms with E-state index < -0.39 is 0 Å². The first kappa shape index (κ1) is 14.0. The number of rotatable bonds is 6. The largest absolute Gasteiger partial charge is 0.467 e. The van der Waals surface area contributed by atoms with Crippen LogP contribution in [0.4, 0.5) is 16.3 Å². The Morgan fingerprint density at radius 3 is 2.70 bits per heavy atom. The summed E-state index contributed by atoms with van der Waals surface area (Å²) in [6.45, 7) is 0.583. The molecule has 0 bridgehead atoms. The third-order valence-electron chi connectivity index (χ3n) is 2.61. The summed E-state index contributed by atoms with van der Waals surface area (Å²) in [4.78, 5) is 12.2. The van der Waals surface area contributed by atoms with Crippen LogP contribution in [0.3, 0.4) is 0 Å². The van der Waals surface area contributed by atoms with Gasteiger partial charge in [0.2, 0.25) is 11.9 Å². The van der Waals surface area contributed by atoms with Crippen LogP contribution in [0.15, 0.2) is 24.3 Å². The van der Waals surface area contributed by atoms with E-state index >= 15 is 0 Å². The molecule has 1 aromatic carbocycles. The van der Waals surface area contributed by atoms with Crippen LogP contribution in [0.1, 0.15) is 5.56 Å². The fourth-order valence-corrected chi connectivity index (χ4v) is 1.65. The Bertz CT molecular complexity index is 556. The molecular weight excluding hydrogens is 261 g/mol. The van der Waals surface area contributed by atoms with Crippen molar-refractivity contribution in [2.75, 3.05) is 31.3 Å². The first-order chi connectivity index (χ1) is 9.71. The molecular formula is C13H16FN5O. The van der Waals surface area contributed by atoms with E-state index in [0.29, 0.717) is 24.9 Å². The SMILES string of the molecule is CNc1nc(NCCc2cccc(F)c2)nc(OC)n1. The summed E-state index contributed by atoms with van der Waals surface area (Å²) >= 11 is 0. The number of nitrogens with zero attached hydrogens (tertiary/aromatic N) is 3. The van der Waals surface area contributed by atoms with Crippen molar-refractivity contribution in [3.63, 3.8) is 0 Å². The molecule has 7 heteroatoms. The van der Waals surface area contributed by atoms with E-state index in [0.717, 1.165) is 5.56 Å². The maximum absolute atomic E-state index is 13.0. The summed E-state index contributed by atoms with van der Waals surface area (Å²) in [5.41, 5.74) is 0.910. The molecule has 2 rings (SSSR count). The summed E-state index contributed by atoms with van der Waals surface area (Å²) in [5, 5.41) is 5.88. The molecule has 1 aromatic heterocycles. The summed E-state index contributed by atoms with van der Waals surface area (Å²) in [6, 6.07) is 6.73. The zero-order chi connectivity index (χ0) is 14.4. The van der Waals surface area contributed by atoms with Gasteiger partial charge in [0, 0.05) is 13.6 Å². The monoisotopic (exact) mass is 277 g/mol. The Morgan fingerprint density at radius 2 is 2.00 bits per heavy atom. The highest BCUT2D eigenvalue weighted by Crippen LogP contribution is 2.10. The maximum Gasteiger partial charge on any atom is 0.322 e. The highest BCUT2D eigenvalue weighted by Gasteiger charge is 2.05. The van der Waals surface area contributed by atoms with Crippen molar-refractivity contribution in [1.29, 1.82) is 0 Å². The van der Waals surface area contributed by atoms with Gasteiger partial charge >= 0.3 is 6.01 Å². The highest BCUT2D eigenvalue weighted by atomic mass is 19.1. The van der Waals surface area contributed by atoms with Crippen molar-refractivity contribution in [2.45, 2.75) is 6.42 Å². The van der Waals surface area contributed by atoms with Crippen LogP contribution < -0.4 is 15.4 Å². The maximum atomic E-state index is 13.0. The fraction of sp³-hybridized carbons (Fsp3) is 0.308. The Balaban J connectivity index is 1.96. The number of hydrogen-bond donors (Lipinski definition) is 2. The van der Waals surface area contributed by atoms with Gasteiger partial charge in [0.25, 0.3) is 0 Å². The molecule has 0 aliphatic rings. The predicted octanol–water partition coefficient (Wildman–Crippen LogP) is 1.72. The minimum atomic E-state index is -0.234. The Labute approximate surface area is 116 Å². The van der Waals surface area contributed by atoms with Gasteiger partial charge in [0.1, 0.15) is 5.82 Å². The number of aromatic nitrogens is 3. The molecule has 0 amide bonds. The van der Waals surface area contributed by atoms with Crippen molar-refractivity contribution in [3.05, 3.63) is 35.6 Å². The molecule has 0 saturated heterocycles. The minimum absolute atomic E-state index is 0.234. The second kappa shape index (κ2) is 6.65. The molecule has 0 atom stereocenters. The molecule has 2 aromatic rings. The minimum Gasteiger partial charge on any atom is -0.467 e. The molecule has 6 nitrogen and oxygen atoms in total. The van der Waals surface area contributed by atoms with E-state index in [1.165, 1.54) is 19.2 Å². The van der Waals surface area contributed by atoms with Gasteiger partial charge in [-0.25, -0.2) is 4.39 Å². The number of nitrogens with one attached hydrogen (secondary N) is 2. The van der Waals surface area contributed by atoms with Crippen molar-refractivity contribution in [1.82, 2.24) is 15.0 Å².